The van der Waals surface area contributed by atoms with Crippen LogP contribution in [0.1, 0.15) is 30.6 Å². The van der Waals surface area contributed by atoms with Crippen LogP contribution in [-0.2, 0) is 0 Å². The number of ether oxygens (including phenoxy) is 1. The first-order valence-electron chi connectivity index (χ1n) is 5.48. The maximum absolute atomic E-state index is 11.9. The van der Waals surface area contributed by atoms with E-state index in [-0.39, 0.29) is 17.7 Å². The Morgan fingerprint density at radius 1 is 1.33 bits per heavy atom. The molecule has 0 fully saturated rings. The Kier molecular flexibility index (Phi) is 4.58. The predicted octanol–water partition coefficient (Wildman–Crippen LogP) is 3.11. The lowest BCUT2D eigenvalue weighted by Gasteiger charge is -2.12. The Morgan fingerprint density at radius 3 is 2.33 bits per heavy atom. The van der Waals surface area contributed by atoms with Gasteiger partial charge in [-0.25, -0.2) is 0 Å². The molecule has 0 unspecified atom stereocenters. The highest BCUT2D eigenvalue weighted by molar-refractivity contribution is 5.94. The number of halogens is 3. The molecule has 100 valence electrons. The molecule has 0 saturated heterocycles. The number of hydrogen-bond acceptors (Lipinski definition) is 2. The van der Waals surface area contributed by atoms with Crippen molar-refractivity contribution in [2.45, 2.75) is 32.7 Å². The van der Waals surface area contributed by atoms with Crippen LogP contribution in [0.3, 0.4) is 0 Å². The number of amides is 1. The van der Waals surface area contributed by atoms with Crippen LogP contribution in [0, 0.1) is 0 Å². The SMILES string of the molecule is CC[C@@H](C)NC(=O)c1ccc(OC(F)(F)F)cc1. The zero-order chi connectivity index (χ0) is 13.8. The summed E-state index contributed by atoms with van der Waals surface area (Å²) >= 11 is 0. The van der Waals surface area contributed by atoms with Gasteiger partial charge in [0.25, 0.3) is 5.91 Å². The lowest BCUT2D eigenvalue weighted by atomic mass is 10.2. The largest absolute Gasteiger partial charge is 0.573 e. The predicted molar refractivity (Wildman–Crippen MR) is 60.3 cm³/mol. The van der Waals surface area contributed by atoms with Crippen molar-refractivity contribution in [3.05, 3.63) is 29.8 Å². The van der Waals surface area contributed by atoms with Crippen LogP contribution >= 0.6 is 0 Å². The van der Waals surface area contributed by atoms with Crippen LogP contribution in [0.5, 0.6) is 5.75 Å². The second-order valence-electron chi connectivity index (χ2n) is 3.85. The van der Waals surface area contributed by atoms with Gasteiger partial charge in [0, 0.05) is 11.6 Å². The van der Waals surface area contributed by atoms with Crippen LogP contribution in [0.15, 0.2) is 24.3 Å². The third-order valence-corrected chi connectivity index (χ3v) is 2.34. The van der Waals surface area contributed by atoms with Gasteiger partial charge in [0.05, 0.1) is 0 Å². The Labute approximate surface area is 103 Å². The Balaban J connectivity index is 2.68. The molecule has 1 amide bonds. The van der Waals surface area contributed by atoms with Crippen molar-refractivity contribution >= 4 is 5.91 Å². The van der Waals surface area contributed by atoms with Gasteiger partial charge in [-0.2, -0.15) is 0 Å². The van der Waals surface area contributed by atoms with Crippen molar-refractivity contribution in [3.8, 4) is 5.75 Å². The molecule has 0 saturated carbocycles. The molecule has 1 aromatic carbocycles. The smallest absolute Gasteiger partial charge is 0.406 e. The minimum atomic E-state index is -4.72. The van der Waals surface area contributed by atoms with Crippen LogP contribution in [0.2, 0.25) is 0 Å². The van der Waals surface area contributed by atoms with Crippen LogP contribution in [-0.4, -0.2) is 18.3 Å². The molecule has 0 aliphatic rings. The van der Waals surface area contributed by atoms with Gasteiger partial charge in [-0.15, -0.1) is 13.2 Å². The minimum Gasteiger partial charge on any atom is -0.406 e. The van der Waals surface area contributed by atoms with Gasteiger partial charge in [0.2, 0.25) is 0 Å². The summed E-state index contributed by atoms with van der Waals surface area (Å²) in [7, 11) is 0. The van der Waals surface area contributed by atoms with Gasteiger partial charge in [-0.1, -0.05) is 6.92 Å². The van der Waals surface area contributed by atoms with Crippen LogP contribution in [0.4, 0.5) is 13.2 Å². The van der Waals surface area contributed by atoms with E-state index in [1.54, 1.807) is 0 Å². The van der Waals surface area contributed by atoms with Gasteiger partial charge in [-0.3, -0.25) is 4.79 Å². The summed E-state index contributed by atoms with van der Waals surface area (Å²) in [6.45, 7) is 3.77. The normalized spacial score (nSPS) is 12.9. The molecule has 0 spiro atoms. The van der Waals surface area contributed by atoms with Crippen LogP contribution in [0.25, 0.3) is 0 Å². The highest BCUT2D eigenvalue weighted by Gasteiger charge is 2.31. The molecule has 0 aromatic heterocycles. The molecule has 0 aliphatic carbocycles. The molecular formula is C12H14F3NO2. The maximum Gasteiger partial charge on any atom is 0.573 e. The standard InChI is InChI=1S/C12H14F3NO2/c1-3-8(2)16-11(17)9-4-6-10(7-5-9)18-12(13,14)15/h4-8H,3H2,1-2H3,(H,16,17)/t8-/m1/s1. The van der Waals surface area contributed by atoms with E-state index < -0.39 is 6.36 Å². The Hall–Kier alpha value is -1.72. The van der Waals surface area contributed by atoms with E-state index in [4.69, 9.17) is 0 Å². The van der Waals surface area contributed by atoms with E-state index in [0.29, 0.717) is 5.56 Å². The highest BCUT2D eigenvalue weighted by Crippen LogP contribution is 2.22. The van der Waals surface area contributed by atoms with Gasteiger partial charge in [0.1, 0.15) is 5.75 Å². The van der Waals surface area contributed by atoms with E-state index >= 15 is 0 Å². The van der Waals surface area contributed by atoms with Crippen LogP contribution < -0.4 is 10.1 Å². The lowest BCUT2D eigenvalue weighted by Crippen LogP contribution is -2.31. The van der Waals surface area contributed by atoms with Crippen molar-refractivity contribution < 1.29 is 22.7 Å². The number of carbonyl (C=O) groups is 1. The first kappa shape index (κ1) is 14.3. The Morgan fingerprint density at radius 2 is 1.89 bits per heavy atom. The summed E-state index contributed by atoms with van der Waals surface area (Å²) in [5, 5.41) is 2.71. The molecular weight excluding hydrogens is 247 g/mol. The zero-order valence-electron chi connectivity index (χ0n) is 10.0. The monoisotopic (exact) mass is 261 g/mol. The van der Waals surface area contributed by atoms with E-state index in [1.807, 2.05) is 13.8 Å². The van der Waals surface area contributed by atoms with Gasteiger partial charge in [-0.05, 0) is 37.6 Å². The third-order valence-electron chi connectivity index (χ3n) is 2.34. The topological polar surface area (TPSA) is 38.3 Å². The number of rotatable bonds is 4. The average molecular weight is 261 g/mol. The van der Waals surface area contributed by atoms with Gasteiger partial charge >= 0.3 is 6.36 Å². The molecule has 1 atom stereocenters. The van der Waals surface area contributed by atoms with Crippen molar-refractivity contribution in [2.75, 3.05) is 0 Å². The molecule has 0 aliphatic heterocycles. The van der Waals surface area contributed by atoms with Gasteiger partial charge in [0.15, 0.2) is 0 Å². The molecule has 0 radical (unpaired) electrons. The number of alkyl halides is 3. The molecule has 0 heterocycles. The quantitative estimate of drug-likeness (QED) is 0.904. The van der Waals surface area contributed by atoms with Crippen molar-refractivity contribution in [2.24, 2.45) is 0 Å². The van der Waals surface area contributed by atoms with Gasteiger partial charge < -0.3 is 10.1 Å². The minimum absolute atomic E-state index is 0.0172. The summed E-state index contributed by atoms with van der Waals surface area (Å²) in [6, 6.07) is 4.82. The fourth-order valence-corrected chi connectivity index (χ4v) is 1.22. The third kappa shape index (κ3) is 4.65. The Bertz CT molecular complexity index is 401. The number of carbonyl (C=O) groups excluding carboxylic acids is 1. The van der Waals surface area contributed by atoms with Crippen molar-refractivity contribution in [1.82, 2.24) is 5.32 Å². The van der Waals surface area contributed by atoms with Crippen molar-refractivity contribution in [3.63, 3.8) is 0 Å². The second kappa shape index (κ2) is 5.75. The fraction of sp³-hybridized carbons (Fsp3) is 0.417. The first-order chi connectivity index (χ1) is 8.31. The maximum atomic E-state index is 11.9. The molecule has 3 nitrogen and oxygen atoms in total. The second-order valence-corrected chi connectivity index (χ2v) is 3.85. The fourth-order valence-electron chi connectivity index (χ4n) is 1.22. The average Bonchev–Trinajstić information content (AvgIpc) is 2.27. The highest BCUT2D eigenvalue weighted by atomic mass is 19.4. The van der Waals surface area contributed by atoms with Crippen molar-refractivity contribution in [1.29, 1.82) is 0 Å². The van der Waals surface area contributed by atoms with E-state index in [9.17, 15) is 18.0 Å². The molecule has 18 heavy (non-hydrogen) atoms. The summed E-state index contributed by atoms with van der Waals surface area (Å²) in [6.07, 6.45) is -3.94. The summed E-state index contributed by atoms with van der Waals surface area (Å²) in [5.74, 6) is -0.662. The van der Waals surface area contributed by atoms with E-state index in [1.165, 1.54) is 12.1 Å². The lowest BCUT2D eigenvalue weighted by molar-refractivity contribution is -0.274. The summed E-state index contributed by atoms with van der Waals surface area (Å²) < 4.78 is 39.5. The summed E-state index contributed by atoms with van der Waals surface area (Å²) in [4.78, 5) is 11.6. The molecule has 1 N–H and O–H groups in total. The number of benzene rings is 1. The summed E-state index contributed by atoms with van der Waals surface area (Å²) in [5.41, 5.74) is 0.296. The van der Waals surface area contributed by atoms with E-state index in [0.717, 1.165) is 18.6 Å². The first-order valence-corrected chi connectivity index (χ1v) is 5.48. The van der Waals surface area contributed by atoms with E-state index in [2.05, 4.69) is 10.1 Å². The molecule has 6 heteroatoms. The molecule has 1 rings (SSSR count). The number of hydrogen-bond donors (Lipinski definition) is 1. The number of nitrogens with one attached hydrogen (secondary N) is 1. The zero-order valence-corrected chi connectivity index (χ0v) is 10.0. The molecule has 0 bridgehead atoms. The molecule has 1 aromatic rings.